The Kier molecular flexibility index (Phi) is 5.70. The van der Waals surface area contributed by atoms with Crippen molar-refractivity contribution in [2.45, 2.75) is 18.8 Å². The standard InChI is InChI=1S/C20H20F3N5O4S/c1-26(2)33(30,31)28-12-24-9-16(28)8-15-10-25-19(29)18-7-14(11-27(15)18)13-4-3-5-17(6-13)32-20(21,22)23/h3-7,9,11-12,15H,8,10H2,1-2H3,(H,25,29)/t15-/m0/s1. The van der Waals surface area contributed by atoms with E-state index in [1.807, 2.05) is 0 Å². The maximum Gasteiger partial charge on any atom is 0.573 e. The Morgan fingerprint density at radius 1 is 1.24 bits per heavy atom. The number of fused-ring (bicyclic) bond motifs is 1. The number of amides is 1. The van der Waals surface area contributed by atoms with Crippen molar-refractivity contribution in [3.8, 4) is 16.9 Å². The van der Waals surface area contributed by atoms with Crippen LogP contribution in [-0.4, -0.2) is 59.2 Å². The van der Waals surface area contributed by atoms with Crippen molar-refractivity contribution in [1.82, 2.24) is 23.1 Å². The van der Waals surface area contributed by atoms with Gasteiger partial charge in [0.1, 0.15) is 17.8 Å². The maximum atomic E-state index is 12.6. The molecular weight excluding hydrogens is 463 g/mol. The number of carbonyl (C=O) groups excluding carboxylic acids is 1. The third-order valence-corrected chi connectivity index (χ3v) is 6.96. The molecule has 1 aliphatic rings. The van der Waals surface area contributed by atoms with Crippen LogP contribution in [0.2, 0.25) is 0 Å². The van der Waals surface area contributed by atoms with Gasteiger partial charge < -0.3 is 14.6 Å². The zero-order chi connectivity index (χ0) is 24.0. The SMILES string of the molecule is CN(C)S(=O)(=O)n1cncc1C[C@H]1CNC(=O)c2cc(-c3cccc(OC(F)(F)F)c3)cn21. The van der Waals surface area contributed by atoms with Gasteiger partial charge in [0.2, 0.25) is 0 Å². The van der Waals surface area contributed by atoms with Crippen LogP contribution in [0.4, 0.5) is 13.2 Å². The molecule has 0 bridgehead atoms. The predicted molar refractivity (Wildman–Crippen MR) is 112 cm³/mol. The Morgan fingerprint density at radius 3 is 2.70 bits per heavy atom. The summed E-state index contributed by atoms with van der Waals surface area (Å²) in [5, 5.41) is 2.77. The van der Waals surface area contributed by atoms with Crippen LogP contribution in [0, 0.1) is 0 Å². The van der Waals surface area contributed by atoms with Gasteiger partial charge in [-0.3, -0.25) is 4.79 Å². The molecule has 33 heavy (non-hydrogen) atoms. The third-order valence-electron chi connectivity index (χ3n) is 5.21. The summed E-state index contributed by atoms with van der Waals surface area (Å²) >= 11 is 0. The van der Waals surface area contributed by atoms with Gasteiger partial charge >= 0.3 is 16.6 Å². The summed E-state index contributed by atoms with van der Waals surface area (Å²) in [6, 6.07) is 6.69. The minimum absolute atomic E-state index is 0.240. The fourth-order valence-corrected chi connectivity index (χ4v) is 4.59. The second kappa shape index (κ2) is 8.23. The molecule has 176 valence electrons. The largest absolute Gasteiger partial charge is 0.573 e. The lowest BCUT2D eigenvalue weighted by Crippen LogP contribution is -2.40. The highest BCUT2D eigenvalue weighted by molar-refractivity contribution is 7.87. The van der Waals surface area contributed by atoms with Gasteiger partial charge in [0.25, 0.3) is 5.91 Å². The monoisotopic (exact) mass is 483 g/mol. The quantitative estimate of drug-likeness (QED) is 0.581. The number of nitrogens with one attached hydrogen (secondary N) is 1. The van der Waals surface area contributed by atoms with Crippen molar-refractivity contribution >= 4 is 16.1 Å². The van der Waals surface area contributed by atoms with E-state index in [-0.39, 0.29) is 30.7 Å². The summed E-state index contributed by atoms with van der Waals surface area (Å²) in [6.07, 6.45) is -0.266. The van der Waals surface area contributed by atoms with Gasteiger partial charge in [-0.25, -0.2) is 8.96 Å². The number of alkyl halides is 3. The number of aromatic nitrogens is 3. The maximum absolute atomic E-state index is 12.6. The van der Waals surface area contributed by atoms with E-state index in [4.69, 9.17) is 0 Å². The molecule has 3 heterocycles. The first kappa shape index (κ1) is 22.9. The van der Waals surface area contributed by atoms with Crippen LogP contribution in [0.15, 0.2) is 49.1 Å². The van der Waals surface area contributed by atoms with Gasteiger partial charge in [0, 0.05) is 45.0 Å². The van der Waals surface area contributed by atoms with Crippen molar-refractivity contribution in [2.75, 3.05) is 20.6 Å². The van der Waals surface area contributed by atoms with Crippen LogP contribution >= 0.6 is 0 Å². The number of ether oxygens (including phenoxy) is 1. The highest BCUT2D eigenvalue weighted by Crippen LogP contribution is 2.32. The molecule has 0 radical (unpaired) electrons. The van der Waals surface area contributed by atoms with Crippen molar-refractivity contribution in [3.05, 3.63) is 60.4 Å². The molecule has 4 rings (SSSR count). The molecule has 0 aliphatic carbocycles. The number of nitrogens with zero attached hydrogens (tertiary/aromatic N) is 4. The number of hydrogen-bond acceptors (Lipinski definition) is 5. The molecular formula is C20H20F3N5O4S. The zero-order valence-corrected chi connectivity index (χ0v) is 18.4. The van der Waals surface area contributed by atoms with Crippen molar-refractivity contribution in [2.24, 2.45) is 0 Å². The lowest BCUT2D eigenvalue weighted by atomic mass is 10.1. The van der Waals surface area contributed by atoms with E-state index in [1.165, 1.54) is 44.8 Å². The Balaban J connectivity index is 1.67. The molecule has 1 N–H and O–H groups in total. The molecule has 0 saturated heterocycles. The lowest BCUT2D eigenvalue weighted by molar-refractivity contribution is -0.274. The van der Waals surface area contributed by atoms with Crippen LogP contribution < -0.4 is 10.1 Å². The molecule has 0 unspecified atom stereocenters. The highest BCUT2D eigenvalue weighted by Gasteiger charge is 2.32. The van der Waals surface area contributed by atoms with Crippen LogP contribution in [0.25, 0.3) is 11.1 Å². The molecule has 0 fully saturated rings. The summed E-state index contributed by atoms with van der Waals surface area (Å²) in [6.45, 7) is 0.240. The van der Waals surface area contributed by atoms with Gasteiger partial charge in [0.15, 0.2) is 0 Å². The van der Waals surface area contributed by atoms with E-state index in [9.17, 15) is 26.4 Å². The minimum Gasteiger partial charge on any atom is -0.406 e. The molecule has 13 heteroatoms. The van der Waals surface area contributed by atoms with Gasteiger partial charge in [-0.15, -0.1) is 13.2 Å². The molecule has 9 nitrogen and oxygen atoms in total. The van der Waals surface area contributed by atoms with Gasteiger partial charge in [-0.05, 0) is 23.8 Å². The van der Waals surface area contributed by atoms with Gasteiger partial charge in [-0.1, -0.05) is 12.1 Å². The first-order valence-electron chi connectivity index (χ1n) is 9.76. The predicted octanol–water partition coefficient (Wildman–Crippen LogP) is 2.43. The first-order valence-corrected chi connectivity index (χ1v) is 11.2. The number of halogens is 3. The molecule has 1 aromatic carbocycles. The number of carbonyl (C=O) groups is 1. The van der Waals surface area contributed by atoms with E-state index in [1.54, 1.807) is 22.9 Å². The van der Waals surface area contributed by atoms with Crippen molar-refractivity contribution < 1.29 is 31.1 Å². The lowest BCUT2D eigenvalue weighted by Gasteiger charge is -2.27. The second-order valence-corrected chi connectivity index (χ2v) is 9.66. The number of benzene rings is 1. The van der Waals surface area contributed by atoms with E-state index in [2.05, 4.69) is 15.0 Å². The molecule has 0 saturated carbocycles. The van der Waals surface area contributed by atoms with E-state index >= 15 is 0 Å². The van der Waals surface area contributed by atoms with E-state index < -0.39 is 16.6 Å². The van der Waals surface area contributed by atoms with Crippen LogP contribution in [0.3, 0.4) is 0 Å². The fourth-order valence-electron chi connectivity index (χ4n) is 3.64. The normalized spacial score (nSPS) is 16.5. The molecule has 1 aliphatic heterocycles. The van der Waals surface area contributed by atoms with Crippen LogP contribution in [0.5, 0.6) is 5.75 Å². The Hall–Kier alpha value is -3.32. The third kappa shape index (κ3) is 4.59. The average molecular weight is 483 g/mol. The zero-order valence-electron chi connectivity index (χ0n) is 17.6. The number of rotatable bonds is 6. The van der Waals surface area contributed by atoms with Crippen LogP contribution in [-0.2, 0) is 16.6 Å². The number of imidazole rings is 1. The topological polar surface area (TPSA) is 98.5 Å². The molecule has 2 aromatic heterocycles. The summed E-state index contributed by atoms with van der Waals surface area (Å²) in [5.74, 6) is -0.711. The van der Waals surface area contributed by atoms with E-state index in [0.717, 1.165) is 8.28 Å². The van der Waals surface area contributed by atoms with Gasteiger partial charge in [0.05, 0.1) is 11.7 Å². The smallest absolute Gasteiger partial charge is 0.406 e. The Labute approximate surface area is 187 Å². The number of hydrogen-bond donors (Lipinski definition) is 1. The summed E-state index contributed by atoms with van der Waals surface area (Å²) in [7, 11) is -0.956. The summed E-state index contributed by atoms with van der Waals surface area (Å²) in [5.41, 5.74) is 1.69. The van der Waals surface area contributed by atoms with Crippen molar-refractivity contribution in [3.63, 3.8) is 0 Å². The molecule has 3 aromatic rings. The minimum atomic E-state index is -4.82. The van der Waals surface area contributed by atoms with Gasteiger partial charge in [-0.2, -0.15) is 12.7 Å². The first-order chi connectivity index (χ1) is 15.5. The average Bonchev–Trinajstić information content (AvgIpc) is 3.37. The molecule has 0 spiro atoms. The Morgan fingerprint density at radius 2 is 2.00 bits per heavy atom. The second-order valence-electron chi connectivity index (χ2n) is 7.64. The molecule has 1 amide bonds. The highest BCUT2D eigenvalue weighted by atomic mass is 32.2. The van der Waals surface area contributed by atoms with E-state index in [0.29, 0.717) is 22.5 Å². The summed E-state index contributed by atoms with van der Waals surface area (Å²) in [4.78, 5) is 16.4. The Bertz CT molecular complexity index is 1300. The molecule has 1 atom stereocenters. The fraction of sp³-hybridized carbons (Fsp3) is 0.300. The summed E-state index contributed by atoms with van der Waals surface area (Å²) < 4.78 is 70.7. The van der Waals surface area contributed by atoms with Crippen LogP contribution in [0.1, 0.15) is 22.2 Å². The van der Waals surface area contributed by atoms with Crippen molar-refractivity contribution in [1.29, 1.82) is 0 Å².